The Hall–Kier alpha value is -1.97. The smallest absolute Gasteiger partial charge is 0.328 e. The molecule has 4 heteroatoms. The van der Waals surface area contributed by atoms with Crippen LogP contribution in [0, 0.1) is 28.6 Å². The van der Waals surface area contributed by atoms with Crippen LogP contribution in [0.5, 0.6) is 0 Å². The topological polar surface area (TPSA) is 71.4 Å². The molecule has 4 aliphatic rings. The third-order valence-corrected chi connectivity index (χ3v) is 7.40. The summed E-state index contributed by atoms with van der Waals surface area (Å²) in [4.78, 5) is 36.2. The van der Waals surface area contributed by atoms with E-state index in [-0.39, 0.29) is 34.2 Å². The van der Waals surface area contributed by atoms with Gasteiger partial charge in [-0.15, -0.1) is 0 Å². The van der Waals surface area contributed by atoms with Crippen LogP contribution in [0.4, 0.5) is 0 Å². The zero-order valence-electron chi connectivity index (χ0n) is 14.7. The number of carboxylic acids is 1. The Bertz CT molecular complexity index is 771. The summed E-state index contributed by atoms with van der Waals surface area (Å²) in [6.07, 6.45) is 10.5. The van der Waals surface area contributed by atoms with Gasteiger partial charge in [0.2, 0.25) is 0 Å². The monoisotopic (exact) mass is 340 g/mol. The number of rotatable bonds is 1. The van der Waals surface area contributed by atoms with Gasteiger partial charge in [-0.05, 0) is 55.1 Å². The van der Waals surface area contributed by atoms with Gasteiger partial charge < -0.3 is 5.11 Å². The predicted octanol–water partition coefficient (Wildman–Crippen LogP) is 3.48. The Balaban J connectivity index is 1.75. The van der Waals surface area contributed by atoms with Gasteiger partial charge in [-0.3, -0.25) is 9.59 Å². The lowest BCUT2D eigenvalue weighted by Crippen LogP contribution is -2.53. The summed E-state index contributed by atoms with van der Waals surface area (Å²) in [5, 5.41) is 9.19. The highest BCUT2D eigenvalue weighted by Gasteiger charge is 2.60. The molecule has 0 aromatic carbocycles. The molecule has 0 heterocycles. The van der Waals surface area contributed by atoms with Gasteiger partial charge in [0.15, 0.2) is 5.78 Å². The second-order valence-electron chi connectivity index (χ2n) is 8.58. The van der Waals surface area contributed by atoms with Crippen LogP contribution in [0.3, 0.4) is 0 Å². The Morgan fingerprint density at radius 2 is 2.00 bits per heavy atom. The maximum absolute atomic E-state index is 13.2. The largest absolute Gasteiger partial charge is 0.478 e. The first-order chi connectivity index (χ1) is 11.8. The average molecular weight is 340 g/mol. The lowest BCUT2D eigenvalue weighted by molar-refractivity contribution is -0.139. The van der Waals surface area contributed by atoms with E-state index in [1.807, 2.05) is 6.08 Å². The molecule has 25 heavy (non-hydrogen) atoms. The molecule has 0 aliphatic heterocycles. The van der Waals surface area contributed by atoms with Gasteiger partial charge in [0, 0.05) is 23.8 Å². The zero-order valence-corrected chi connectivity index (χ0v) is 14.7. The quantitative estimate of drug-likeness (QED) is 0.742. The van der Waals surface area contributed by atoms with E-state index in [1.54, 1.807) is 12.2 Å². The lowest BCUT2D eigenvalue weighted by Gasteiger charge is -2.55. The Kier molecular flexibility index (Phi) is 3.47. The van der Waals surface area contributed by atoms with Crippen molar-refractivity contribution in [2.75, 3.05) is 0 Å². The van der Waals surface area contributed by atoms with E-state index >= 15 is 0 Å². The Labute approximate surface area is 147 Å². The average Bonchev–Trinajstić information content (AvgIpc) is 2.83. The molecule has 1 N–H and O–H groups in total. The minimum absolute atomic E-state index is 0.0200. The molecule has 0 saturated heterocycles. The molecule has 0 amide bonds. The molecule has 0 aromatic heterocycles. The first-order valence-corrected chi connectivity index (χ1v) is 9.16. The minimum atomic E-state index is -0.916. The van der Waals surface area contributed by atoms with Gasteiger partial charge in [-0.1, -0.05) is 31.1 Å². The molecule has 132 valence electrons. The highest BCUT2D eigenvalue weighted by Crippen LogP contribution is 2.64. The first-order valence-electron chi connectivity index (χ1n) is 9.16. The second-order valence-corrected chi connectivity index (χ2v) is 8.58. The number of hydrogen-bond donors (Lipinski definition) is 1. The van der Waals surface area contributed by atoms with E-state index in [4.69, 9.17) is 0 Å². The molecule has 0 aromatic rings. The number of ketones is 2. The van der Waals surface area contributed by atoms with E-state index in [2.05, 4.69) is 13.8 Å². The number of allylic oxidation sites excluding steroid dienone is 5. The fraction of sp³-hybridized carbons (Fsp3) is 0.571. The summed E-state index contributed by atoms with van der Waals surface area (Å²) in [5.41, 5.74) is 1.35. The summed E-state index contributed by atoms with van der Waals surface area (Å²) < 4.78 is 0. The van der Waals surface area contributed by atoms with Crippen LogP contribution in [0.15, 0.2) is 35.5 Å². The fourth-order valence-corrected chi connectivity index (χ4v) is 6.27. The van der Waals surface area contributed by atoms with E-state index in [0.29, 0.717) is 12.3 Å². The molecule has 0 bridgehead atoms. The van der Waals surface area contributed by atoms with E-state index < -0.39 is 5.97 Å². The first kappa shape index (κ1) is 16.5. The molecule has 3 fully saturated rings. The van der Waals surface area contributed by atoms with Crippen molar-refractivity contribution in [2.24, 2.45) is 28.6 Å². The molecule has 0 spiro atoms. The van der Waals surface area contributed by atoms with Crippen molar-refractivity contribution in [2.45, 2.75) is 46.0 Å². The molecule has 3 saturated carbocycles. The third kappa shape index (κ3) is 2.22. The van der Waals surface area contributed by atoms with Crippen LogP contribution >= 0.6 is 0 Å². The van der Waals surface area contributed by atoms with Crippen molar-refractivity contribution >= 4 is 17.5 Å². The highest BCUT2D eigenvalue weighted by molar-refractivity contribution is 6.01. The van der Waals surface area contributed by atoms with Crippen LogP contribution in [0.2, 0.25) is 0 Å². The summed E-state index contributed by atoms with van der Waals surface area (Å²) in [6, 6.07) is 0. The van der Waals surface area contributed by atoms with Gasteiger partial charge in [0.1, 0.15) is 5.78 Å². The maximum atomic E-state index is 13.2. The predicted molar refractivity (Wildman–Crippen MR) is 92.7 cm³/mol. The van der Waals surface area contributed by atoms with Gasteiger partial charge in [-0.25, -0.2) is 4.79 Å². The van der Waals surface area contributed by atoms with Crippen LogP contribution in [-0.2, 0) is 14.4 Å². The molecule has 5 atom stereocenters. The number of carboxylic acid groups (broad SMARTS) is 1. The van der Waals surface area contributed by atoms with Crippen LogP contribution in [0.25, 0.3) is 0 Å². The fourth-order valence-electron chi connectivity index (χ4n) is 6.27. The number of Topliss-reactive ketones (excluding diaryl/α,β-unsaturated/α-hetero) is 1. The van der Waals surface area contributed by atoms with Gasteiger partial charge in [0.25, 0.3) is 0 Å². The molecular weight excluding hydrogens is 316 g/mol. The minimum Gasteiger partial charge on any atom is -0.478 e. The SMILES string of the molecule is C[C@]12C=CC(=O)C=C1CC[C@@H]1[C@@H]2C(=O)C[C@]2(C)C(=CC(=O)O)CC[C@@H]12. The number of hydrogen-bond acceptors (Lipinski definition) is 3. The summed E-state index contributed by atoms with van der Waals surface area (Å²) in [6.45, 7) is 4.18. The standard InChI is InChI=1S/C21H24O4/c1-20-8-7-14(22)9-12(20)3-5-15-16-6-4-13(10-18(24)25)21(16,2)11-17(23)19(15)20/h7-10,15-16,19H,3-6,11H2,1-2H3,(H,24,25)/t15-,16-,19+,20-,21+/m0/s1. The van der Waals surface area contributed by atoms with Gasteiger partial charge >= 0.3 is 5.97 Å². The summed E-state index contributed by atoms with van der Waals surface area (Å²) in [7, 11) is 0. The van der Waals surface area contributed by atoms with Gasteiger partial charge in [-0.2, -0.15) is 0 Å². The summed E-state index contributed by atoms with van der Waals surface area (Å²) in [5.74, 6) is -0.128. The van der Waals surface area contributed by atoms with Crippen molar-refractivity contribution in [3.63, 3.8) is 0 Å². The molecular formula is C21H24O4. The van der Waals surface area contributed by atoms with Gasteiger partial charge in [0.05, 0.1) is 0 Å². The summed E-state index contributed by atoms with van der Waals surface area (Å²) >= 11 is 0. The molecule has 4 rings (SSSR count). The van der Waals surface area contributed by atoms with E-state index in [0.717, 1.165) is 36.8 Å². The number of aliphatic carboxylic acids is 1. The van der Waals surface area contributed by atoms with Crippen molar-refractivity contribution in [3.05, 3.63) is 35.5 Å². The van der Waals surface area contributed by atoms with Crippen molar-refractivity contribution in [1.29, 1.82) is 0 Å². The van der Waals surface area contributed by atoms with E-state index in [9.17, 15) is 19.5 Å². The van der Waals surface area contributed by atoms with Crippen molar-refractivity contribution < 1.29 is 19.5 Å². The zero-order chi connectivity index (χ0) is 18.0. The second kappa shape index (κ2) is 5.26. The van der Waals surface area contributed by atoms with Crippen LogP contribution in [0.1, 0.15) is 46.0 Å². The highest BCUT2D eigenvalue weighted by atomic mass is 16.4. The number of carbonyl (C=O) groups excluding carboxylic acids is 2. The Morgan fingerprint density at radius 1 is 1.24 bits per heavy atom. The van der Waals surface area contributed by atoms with Crippen molar-refractivity contribution in [3.8, 4) is 0 Å². The normalized spacial score (nSPS) is 44.2. The third-order valence-electron chi connectivity index (χ3n) is 7.40. The maximum Gasteiger partial charge on any atom is 0.328 e. The molecule has 0 unspecified atom stereocenters. The Morgan fingerprint density at radius 3 is 2.72 bits per heavy atom. The van der Waals surface area contributed by atoms with Crippen LogP contribution < -0.4 is 0 Å². The molecule has 0 radical (unpaired) electrons. The number of carbonyl (C=O) groups is 3. The molecule has 4 nitrogen and oxygen atoms in total. The van der Waals surface area contributed by atoms with Crippen molar-refractivity contribution in [1.82, 2.24) is 0 Å². The molecule has 4 aliphatic carbocycles. The lowest BCUT2D eigenvalue weighted by atomic mass is 9.48. The van der Waals surface area contributed by atoms with Crippen LogP contribution in [-0.4, -0.2) is 22.6 Å². The number of fused-ring (bicyclic) bond motifs is 5. The van der Waals surface area contributed by atoms with E-state index in [1.165, 1.54) is 6.08 Å².